The van der Waals surface area contributed by atoms with Gasteiger partial charge in [-0.2, -0.15) is 5.10 Å². The fourth-order valence-corrected chi connectivity index (χ4v) is 4.63. The molecule has 0 radical (unpaired) electrons. The second-order valence-corrected chi connectivity index (χ2v) is 8.57. The van der Waals surface area contributed by atoms with Crippen molar-refractivity contribution in [3.05, 3.63) is 94.2 Å². The molecule has 0 unspecified atom stereocenters. The zero-order valence-corrected chi connectivity index (χ0v) is 18.1. The van der Waals surface area contributed by atoms with E-state index in [0.29, 0.717) is 12.3 Å². The molecule has 0 atom stereocenters. The largest absolute Gasteiger partial charge is 0.347 e. The lowest BCUT2D eigenvalue weighted by atomic mass is 9.92. The second-order valence-electron chi connectivity index (χ2n) is 8.57. The van der Waals surface area contributed by atoms with Crippen LogP contribution in [0.15, 0.2) is 71.5 Å². The van der Waals surface area contributed by atoms with Gasteiger partial charge in [0.2, 0.25) is 0 Å². The summed E-state index contributed by atoms with van der Waals surface area (Å²) >= 11 is 0. The molecule has 32 heavy (non-hydrogen) atoms. The van der Waals surface area contributed by atoms with Crippen LogP contribution in [-0.2, 0) is 6.42 Å². The number of benzene rings is 3. The summed E-state index contributed by atoms with van der Waals surface area (Å²) in [7, 11) is 0. The Bertz CT molecular complexity index is 1330. The lowest BCUT2D eigenvalue weighted by Gasteiger charge is -2.32. The van der Waals surface area contributed by atoms with Gasteiger partial charge in [0, 0.05) is 25.1 Å². The molecule has 6 heteroatoms. The number of hydrogen-bond acceptors (Lipinski definition) is 3. The van der Waals surface area contributed by atoms with E-state index in [2.05, 4.69) is 16.3 Å². The summed E-state index contributed by atoms with van der Waals surface area (Å²) < 4.78 is 1.68. The maximum Gasteiger partial charge on any atom is 0.347 e. The molecule has 0 aliphatic carbocycles. The van der Waals surface area contributed by atoms with Gasteiger partial charge in [-0.3, -0.25) is 4.79 Å². The van der Waals surface area contributed by atoms with Gasteiger partial charge in [-0.05, 0) is 60.2 Å². The Labute approximate surface area is 186 Å². The van der Waals surface area contributed by atoms with Crippen LogP contribution in [0.5, 0.6) is 0 Å². The summed E-state index contributed by atoms with van der Waals surface area (Å²) in [5, 5.41) is 9.14. The first kappa shape index (κ1) is 20.2. The lowest BCUT2D eigenvalue weighted by molar-refractivity contribution is 0.0690. The standard InChI is InChI=1S/C26H26N4O2/c1-18-6-2-5-9-23(18)30-24(27-28-26(30)32)16-19-12-14-29(15-13-19)25(31)22-11-10-20-7-3-4-8-21(20)17-22/h2-11,17,19H,12-16H2,1H3,(H,28,32). The molecule has 0 spiro atoms. The van der Waals surface area contributed by atoms with Crippen molar-refractivity contribution in [3.8, 4) is 5.69 Å². The molecule has 0 bridgehead atoms. The van der Waals surface area contributed by atoms with Crippen molar-refractivity contribution in [1.82, 2.24) is 19.7 Å². The lowest BCUT2D eigenvalue weighted by Crippen LogP contribution is -2.39. The number of rotatable bonds is 4. The van der Waals surface area contributed by atoms with E-state index in [1.807, 2.05) is 72.5 Å². The van der Waals surface area contributed by atoms with E-state index in [4.69, 9.17) is 0 Å². The average Bonchev–Trinajstić information content (AvgIpc) is 3.18. The topological polar surface area (TPSA) is 71.0 Å². The summed E-state index contributed by atoms with van der Waals surface area (Å²) in [5.41, 5.74) is 2.43. The molecular weight excluding hydrogens is 400 g/mol. The van der Waals surface area contributed by atoms with Crippen molar-refractivity contribution < 1.29 is 4.79 Å². The summed E-state index contributed by atoms with van der Waals surface area (Å²) in [6.45, 7) is 3.43. The molecule has 1 aliphatic heterocycles. The van der Waals surface area contributed by atoms with E-state index in [1.165, 1.54) is 0 Å². The first-order chi connectivity index (χ1) is 15.6. The second kappa shape index (κ2) is 8.46. The predicted molar refractivity (Wildman–Crippen MR) is 125 cm³/mol. The molecule has 1 aliphatic rings. The highest BCUT2D eigenvalue weighted by molar-refractivity contribution is 5.98. The molecule has 1 N–H and O–H groups in total. The molecule has 162 valence electrons. The van der Waals surface area contributed by atoms with Crippen LogP contribution >= 0.6 is 0 Å². The van der Waals surface area contributed by atoms with Gasteiger partial charge < -0.3 is 4.90 Å². The zero-order valence-electron chi connectivity index (χ0n) is 18.1. The third-order valence-electron chi connectivity index (χ3n) is 6.47. The number of carbonyl (C=O) groups excluding carboxylic acids is 1. The zero-order chi connectivity index (χ0) is 22.1. The molecule has 1 fully saturated rings. The quantitative estimate of drug-likeness (QED) is 0.534. The van der Waals surface area contributed by atoms with E-state index in [-0.39, 0.29) is 11.6 Å². The fraction of sp³-hybridized carbons (Fsp3) is 0.269. The molecule has 1 amide bonds. The van der Waals surface area contributed by atoms with Crippen LogP contribution < -0.4 is 5.69 Å². The van der Waals surface area contributed by atoms with Crippen molar-refractivity contribution in [1.29, 1.82) is 0 Å². The van der Waals surface area contributed by atoms with Crippen molar-refractivity contribution in [3.63, 3.8) is 0 Å². The molecule has 5 rings (SSSR count). The van der Waals surface area contributed by atoms with Gasteiger partial charge in [0.15, 0.2) is 0 Å². The Morgan fingerprint density at radius 2 is 1.72 bits per heavy atom. The number of amides is 1. The minimum absolute atomic E-state index is 0.0887. The molecule has 1 aromatic heterocycles. The minimum Gasteiger partial charge on any atom is -0.339 e. The van der Waals surface area contributed by atoms with Gasteiger partial charge >= 0.3 is 5.69 Å². The number of nitrogens with one attached hydrogen (secondary N) is 1. The van der Waals surface area contributed by atoms with Crippen LogP contribution in [0.3, 0.4) is 0 Å². The molecule has 0 saturated carbocycles. The summed E-state index contributed by atoms with van der Waals surface area (Å²) in [6, 6.07) is 21.8. The number of aromatic amines is 1. The van der Waals surface area contributed by atoms with E-state index < -0.39 is 0 Å². The van der Waals surface area contributed by atoms with E-state index in [9.17, 15) is 9.59 Å². The van der Waals surface area contributed by atoms with E-state index in [0.717, 1.165) is 59.3 Å². The van der Waals surface area contributed by atoms with Crippen LogP contribution in [0.25, 0.3) is 16.5 Å². The Kier molecular flexibility index (Phi) is 5.35. The van der Waals surface area contributed by atoms with Gasteiger partial charge in [0.05, 0.1) is 5.69 Å². The molecule has 3 aromatic carbocycles. The van der Waals surface area contributed by atoms with Crippen molar-refractivity contribution in [2.45, 2.75) is 26.2 Å². The summed E-state index contributed by atoms with van der Waals surface area (Å²) in [4.78, 5) is 27.4. The maximum absolute atomic E-state index is 13.1. The normalized spacial score (nSPS) is 14.7. The highest BCUT2D eigenvalue weighted by Crippen LogP contribution is 2.24. The number of hydrogen-bond donors (Lipinski definition) is 1. The number of nitrogens with zero attached hydrogens (tertiary/aromatic N) is 3. The minimum atomic E-state index is -0.210. The molecule has 2 heterocycles. The number of aryl methyl sites for hydroxylation is 1. The SMILES string of the molecule is Cc1ccccc1-n1c(CC2CCN(C(=O)c3ccc4ccccc4c3)CC2)n[nH]c1=O. The number of carbonyl (C=O) groups is 1. The molecule has 4 aromatic rings. The van der Waals surface area contributed by atoms with Crippen LogP contribution in [0, 0.1) is 12.8 Å². The number of piperidine rings is 1. The highest BCUT2D eigenvalue weighted by Gasteiger charge is 2.26. The van der Waals surface area contributed by atoms with Gasteiger partial charge in [-0.15, -0.1) is 0 Å². The van der Waals surface area contributed by atoms with E-state index in [1.54, 1.807) is 4.57 Å². The number of likely N-dealkylation sites (tertiary alicyclic amines) is 1. The van der Waals surface area contributed by atoms with Gasteiger partial charge in [-0.25, -0.2) is 14.5 Å². The van der Waals surface area contributed by atoms with Gasteiger partial charge in [0.25, 0.3) is 5.91 Å². The number of para-hydroxylation sites is 1. The molecule has 6 nitrogen and oxygen atoms in total. The average molecular weight is 427 g/mol. The number of aromatic nitrogens is 3. The Morgan fingerprint density at radius 1 is 1.00 bits per heavy atom. The predicted octanol–water partition coefficient (Wildman–Crippen LogP) is 4.12. The number of H-pyrrole nitrogens is 1. The fourth-order valence-electron chi connectivity index (χ4n) is 4.63. The third-order valence-corrected chi connectivity index (χ3v) is 6.47. The van der Waals surface area contributed by atoms with Gasteiger partial charge in [0.1, 0.15) is 5.82 Å². The highest BCUT2D eigenvalue weighted by atomic mass is 16.2. The smallest absolute Gasteiger partial charge is 0.339 e. The first-order valence-corrected chi connectivity index (χ1v) is 11.1. The van der Waals surface area contributed by atoms with Crippen molar-refractivity contribution in [2.24, 2.45) is 5.92 Å². The molecule has 1 saturated heterocycles. The Morgan fingerprint density at radius 3 is 2.50 bits per heavy atom. The van der Waals surface area contributed by atoms with E-state index >= 15 is 0 Å². The summed E-state index contributed by atoms with van der Waals surface area (Å²) in [5.74, 6) is 1.23. The van der Waals surface area contributed by atoms with Gasteiger partial charge in [-0.1, -0.05) is 48.5 Å². The maximum atomic E-state index is 13.1. The van der Waals surface area contributed by atoms with Crippen molar-refractivity contribution in [2.75, 3.05) is 13.1 Å². The van der Waals surface area contributed by atoms with Crippen LogP contribution in [-0.4, -0.2) is 38.7 Å². The van der Waals surface area contributed by atoms with Crippen molar-refractivity contribution >= 4 is 16.7 Å². The van der Waals surface area contributed by atoms with Crippen LogP contribution in [0.4, 0.5) is 0 Å². The number of fused-ring (bicyclic) bond motifs is 1. The monoisotopic (exact) mass is 426 g/mol. The Hall–Kier alpha value is -3.67. The van der Waals surface area contributed by atoms with Crippen LogP contribution in [0.1, 0.15) is 34.6 Å². The van der Waals surface area contributed by atoms with Crippen LogP contribution in [0.2, 0.25) is 0 Å². The first-order valence-electron chi connectivity index (χ1n) is 11.1. The third kappa shape index (κ3) is 3.84. The Balaban J connectivity index is 1.27. The summed E-state index contributed by atoms with van der Waals surface area (Å²) in [6.07, 6.45) is 2.51. The molecular formula is C26H26N4O2.